The summed E-state index contributed by atoms with van der Waals surface area (Å²) >= 11 is 0. The van der Waals surface area contributed by atoms with E-state index in [0.717, 1.165) is 16.9 Å². The normalized spacial score (nSPS) is 18.5. The Hall–Kier alpha value is -2.33. The van der Waals surface area contributed by atoms with Gasteiger partial charge in [-0.25, -0.2) is 0 Å². The maximum absolute atomic E-state index is 12.8. The Morgan fingerprint density at radius 2 is 1.69 bits per heavy atom. The molecule has 8 heteroatoms. The smallest absolute Gasteiger partial charge is 0.254 e. The lowest BCUT2D eigenvalue weighted by Crippen LogP contribution is -2.48. The summed E-state index contributed by atoms with van der Waals surface area (Å²) in [6, 6.07) is 15.6. The van der Waals surface area contributed by atoms with E-state index < -0.39 is 0 Å². The lowest BCUT2D eigenvalue weighted by Gasteiger charge is -2.35. The van der Waals surface area contributed by atoms with E-state index in [1.54, 1.807) is 14.2 Å². The molecule has 1 fully saturated rings. The lowest BCUT2D eigenvalue weighted by atomic mass is 10.1. The highest BCUT2D eigenvalue weighted by atomic mass is 127. The summed E-state index contributed by atoms with van der Waals surface area (Å²) in [4.78, 5) is 18.9. The number of hydrogen-bond donors (Lipinski definition) is 2. The van der Waals surface area contributed by atoms with Crippen LogP contribution in [0, 0.1) is 0 Å². The van der Waals surface area contributed by atoms with Gasteiger partial charge in [-0.1, -0.05) is 24.3 Å². The summed E-state index contributed by atoms with van der Waals surface area (Å²) in [7, 11) is 3.40. The van der Waals surface area contributed by atoms with Crippen molar-refractivity contribution < 1.29 is 14.3 Å². The van der Waals surface area contributed by atoms with Crippen molar-refractivity contribution in [1.82, 2.24) is 15.5 Å². The average molecular weight is 552 g/mol. The minimum Gasteiger partial charge on any atom is -0.497 e. The van der Waals surface area contributed by atoms with Crippen LogP contribution >= 0.6 is 24.0 Å². The van der Waals surface area contributed by atoms with E-state index in [0.29, 0.717) is 37.7 Å². The molecule has 0 aliphatic carbocycles. The predicted molar refractivity (Wildman–Crippen MR) is 138 cm³/mol. The molecule has 0 radical (unpaired) electrons. The average Bonchev–Trinajstić information content (AvgIpc) is 2.78. The Labute approximate surface area is 207 Å². The zero-order valence-corrected chi connectivity index (χ0v) is 21.5. The molecule has 2 aromatic carbocycles. The highest BCUT2D eigenvalue weighted by Gasteiger charge is 2.26. The number of carbonyl (C=O) groups is 1. The van der Waals surface area contributed by atoms with Crippen LogP contribution in [0.25, 0.3) is 0 Å². The molecule has 2 aromatic rings. The van der Waals surface area contributed by atoms with Crippen LogP contribution in [-0.2, 0) is 17.8 Å². The molecule has 2 unspecified atom stereocenters. The van der Waals surface area contributed by atoms with Crippen molar-refractivity contribution in [2.45, 2.75) is 39.1 Å². The maximum Gasteiger partial charge on any atom is 0.254 e. The van der Waals surface area contributed by atoms with Crippen molar-refractivity contribution in [3.8, 4) is 5.75 Å². The number of amides is 1. The summed E-state index contributed by atoms with van der Waals surface area (Å²) in [5, 5.41) is 6.60. The first kappa shape index (κ1) is 25.9. The van der Waals surface area contributed by atoms with Gasteiger partial charge in [-0.3, -0.25) is 9.79 Å². The number of rotatable bonds is 6. The molecule has 1 saturated heterocycles. The standard InChI is InChI=1S/C24H32N4O3.HI/c1-17-15-28(16-18(2)31-17)23(29)21-10-8-19(9-11-21)13-26-24(25-3)27-14-20-6-5-7-22(12-20)30-4;/h5-12,17-18H,13-16H2,1-4H3,(H2,25,26,27);1H. The van der Waals surface area contributed by atoms with E-state index in [1.165, 1.54) is 0 Å². The molecular weight excluding hydrogens is 519 g/mol. The lowest BCUT2D eigenvalue weighted by molar-refractivity contribution is -0.0586. The number of nitrogens with one attached hydrogen (secondary N) is 2. The monoisotopic (exact) mass is 552 g/mol. The summed E-state index contributed by atoms with van der Waals surface area (Å²) in [5.74, 6) is 1.59. The molecule has 2 N–H and O–H groups in total. The van der Waals surface area contributed by atoms with Crippen LogP contribution in [0.15, 0.2) is 53.5 Å². The molecule has 7 nitrogen and oxygen atoms in total. The predicted octanol–water partition coefficient (Wildman–Crippen LogP) is 3.43. The van der Waals surface area contributed by atoms with Gasteiger partial charge in [0.15, 0.2) is 5.96 Å². The Bertz CT molecular complexity index is 894. The SMILES string of the molecule is CN=C(NCc1ccc(C(=O)N2CC(C)OC(C)C2)cc1)NCc1cccc(OC)c1.I. The Kier molecular flexibility index (Phi) is 10.2. The molecule has 1 aliphatic heterocycles. The Balaban J connectivity index is 0.00000363. The van der Waals surface area contributed by atoms with Gasteiger partial charge >= 0.3 is 0 Å². The van der Waals surface area contributed by atoms with Gasteiger partial charge in [0.1, 0.15) is 5.75 Å². The van der Waals surface area contributed by atoms with E-state index in [9.17, 15) is 4.79 Å². The highest BCUT2D eigenvalue weighted by molar-refractivity contribution is 14.0. The van der Waals surface area contributed by atoms with Crippen molar-refractivity contribution >= 4 is 35.8 Å². The van der Waals surface area contributed by atoms with Gasteiger partial charge < -0.3 is 25.0 Å². The molecule has 2 atom stereocenters. The van der Waals surface area contributed by atoms with Crippen LogP contribution in [0.5, 0.6) is 5.75 Å². The molecule has 32 heavy (non-hydrogen) atoms. The van der Waals surface area contributed by atoms with Crippen molar-refractivity contribution in [3.05, 3.63) is 65.2 Å². The Morgan fingerprint density at radius 3 is 2.28 bits per heavy atom. The van der Waals surface area contributed by atoms with E-state index >= 15 is 0 Å². The number of aliphatic imine (C=N–C) groups is 1. The van der Waals surface area contributed by atoms with Crippen LogP contribution in [0.1, 0.15) is 35.3 Å². The van der Waals surface area contributed by atoms with Gasteiger partial charge in [0.05, 0.1) is 19.3 Å². The number of hydrogen-bond acceptors (Lipinski definition) is 4. The van der Waals surface area contributed by atoms with Gasteiger partial charge in [0, 0.05) is 38.8 Å². The van der Waals surface area contributed by atoms with E-state index in [1.807, 2.05) is 67.3 Å². The zero-order valence-electron chi connectivity index (χ0n) is 19.1. The van der Waals surface area contributed by atoms with Gasteiger partial charge in [0.2, 0.25) is 0 Å². The Morgan fingerprint density at radius 1 is 1.06 bits per heavy atom. The molecule has 174 valence electrons. The third-order valence-electron chi connectivity index (χ3n) is 5.19. The van der Waals surface area contributed by atoms with Crippen LogP contribution in [0.3, 0.4) is 0 Å². The molecule has 1 amide bonds. The van der Waals surface area contributed by atoms with Crippen LogP contribution in [0.2, 0.25) is 0 Å². The van der Waals surface area contributed by atoms with E-state index in [2.05, 4.69) is 15.6 Å². The second kappa shape index (κ2) is 12.6. The largest absolute Gasteiger partial charge is 0.497 e. The summed E-state index contributed by atoms with van der Waals surface area (Å²) in [6.07, 6.45) is 0.125. The summed E-state index contributed by atoms with van der Waals surface area (Å²) in [6.45, 7) is 6.50. The second-order valence-corrected chi connectivity index (χ2v) is 7.80. The fourth-order valence-electron chi connectivity index (χ4n) is 3.67. The number of methoxy groups -OCH3 is 1. The molecule has 0 bridgehead atoms. The van der Waals surface area contributed by atoms with Gasteiger partial charge in [-0.05, 0) is 49.2 Å². The summed E-state index contributed by atoms with van der Waals surface area (Å²) in [5.41, 5.74) is 2.88. The number of ether oxygens (including phenoxy) is 2. The van der Waals surface area contributed by atoms with Crippen molar-refractivity contribution in [1.29, 1.82) is 0 Å². The van der Waals surface area contributed by atoms with Crippen LogP contribution in [-0.4, -0.2) is 56.2 Å². The van der Waals surface area contributed by atoms with Crippen molar-refractivity contribution in [2.24, 2.45) is 4.99 Å². The van der Waals surface area contributed by atoms with Gasteiger partial charge in [0.25, 0.3) is 5.91 Å². The minimum absolute atomic E-state index is 0. The third kappa shape index (κ3) is 7.37. The number of halogens is 1. The van der Waals surface area contributed by atoms with Crippen LogP contribution < -0.4 is 15.4 Å². The summed E-state index contributed by atoms with van der Waals surface area (Å²) < 4.78 is 11.0. The molecule has 0 spiro atoms. The fraction of sp³-hybridized carbons (Fsp3) is 0.417. The number of carbonyl (C=O) groups excluding carboxylic acids is 1. The quantitative estimate of drug-likeness (QED) is 0.327. The zero-order chi connectivity index (χ0) is 22.2. The van der Waals surface area contributed by atoms with Gasteiger partial charge in [-0.2, -0.15) is 0 Å². The molecule has 0 aromatic heterocycles. The molecule has 0 saturated carbocycles. The number of guanidine groups is 1. The number of morpholine rings is 1. The van der Waals surface area contributed by atoms with Crippen molar-refractivity contribution in [2.75, 3.05) is 27.2 Å². The van der Waals surface area contributed by atoms with E-state index in [4.69, 9.17) is 9.47 Å². The third-order valence-corrected chi connectivity index (χ3v) is 5.19. The second-order valence-electron chi connectivity index (χ2n) is 7.80. The highest BCUT2D eigenvalue weighted by Crippen LogP contribution is 2.15. The number of benzene rings is 2. The van der Waals surface area contributed by atoms with E-state index in [-0.39, 0.29) is 42.1 Å². The molecule has 1 aliphatic rings. The molecular formula is C24H33IN4O3. The van der Waals surface area contributed by atoms with Crippen LogP contribution in [0.4, 0.5) is 0 Å². The maximum atomic E-state index is 12.8. The molecule has 1 heterocycles. The number of nitrogens with zero attached hydrogens (tertiary/aromatic N) is 2. The first-order chi connectivity index (χ1) is 15.0. The van der Waals surface area contributed by atoms with Gasteiger partial charge in [-0.15, -0.1) is 24.0 Å². The van der Waals surface area contributed by atoms with Crippen molar-refractivity contribution in [3.63, 3.8) is 0 Å². The molecule has 3 rings (SSSR count). The first-order valence-corrected chi connectivity index (χ1v) is 10.6. The fourth-order valence-corrected chi connectivity index (χ4v) is 3.67. The topological polar surface area (TPSA) is 75.2 Å². The first-order valence-electron chi connectivity index (χ1n) is 10.6. The minimum atomic E-state index is 0.